The van der Waals surface area contributed by atoms with E-state index in [-0.39, 0.29) is 0 Å². The van der Waals surface area contributed by atoms with Crippen molar-refractivity contribution in [1.82, 2.24) is 15.3 Å². The fourth-order valence-corrected chi connectivity index (χ4v) is 5.15. The zero-order chi connectivity index (χ0) is 23.4. The molecule has 0 bridgehead atoms. The molecule has 0 amide bonds. The van der Waals surface area contributed by atoms with E-state index in [9.17, 15) is 0 Å². The normalized spacial score (nSPS) is 22.7. The minimum absolute atomic E-state index is 0.386. The van der Waals surface area contributed by atoms with E-state index in [1.807, 2.05) is 0 Å². The predicted octanol–water partition coefficient (Wildman–Crippen LogP) is 6.39. The summed E-state index contributed by atoms with van der Waals surface area (Å²) in [6, 6.07) is 5.18. The third-order valence-electron chi connectivity index (χ3n) is 7.15. The molecule has 2 fully saturated rings. The van der Waals surface area contributed by atoms with Crippen LogP contribution in [0.1, 0.15) is 58.1 Å². The smallest absolute Gasteiger partial charge is 0.152 e. The van der Waals surface area contributed by atoms with Gasteiger partial charge in [-0.2, -0.15) is 0 Å². The molecule has 2 saturated carbocycles. The molecule has 0 unspecified atom stereocenters. The summed E-state index contributed by atoms with van der Waals surface area (Å²) >= 11 is 12.9. The summed E-state index contributed by atoms with van der Waals surface area (Å²) in [6.07, 6.45) is 11.9. The Bertz CT molecular complexity index is 942. The second kappa shape index (κ2) is 10.9. The summed E-state index contributed by atoms with van der Waals surface area (Å²) < 4.78 is 5.25. The van der Waals surface area contributed by atoms with E-state index in [0.717, 1.165) is 42.1 Å². The molecule has 2 aromatic heterocycles. The maximum atomic E-state index is 6.56. The van der Waals surface area contributed by atoms with Crippen LogP contribution < -0.4 is 10.6 Å². The molecular weight excluding hydrogens is 455 g/mol. The number of nitrogens with one attached hydrogen (secondary N) is 2. The lowest BCUT2D eigenvalue weighted by atomic mass is 9.83. The lowest BCUT2D eigenvalue weighted by molar-refractivity contribution is 0.158. The van der Waals surface area contributed by atoms with Crippen LogP contribution in [0, 0.1) is 11.3 Å². The molecule has 5 nitrogen and oxygen atoms in total. The van der Waals surface area contributed by atoms with Crippen molar-refractivity contribution in [3.05, 3.63) is 40.4 Å². The van der Waals surface area contributed by atoms with E-state index in [1.54, 1.807) is 19.5 Å². The maximum absolute atomic E-state index is 6.56. The largest absolute Gasteiger partial charge is 0.383 e. The van der Waals surface area contributed by atoms with Crippen LogP contribution >= 0.6 is 23.2 Å². The summed E-state index contributed by atoms with van der Waals surface area (Å²) in [7, 11) is 1.76. The Morgan fingerprint density at radius 3 is 2.58 bits per heavy atom. The van der Waals surface area contributed by atoms with Crippen molar-refractivity contribution in [2.45, 2.75) is 70.9 Å². The van der Waals surface area contributed by atoms with Crippen LogP contribution in [0.2, 0.25) is 10.2 Å². The topological polar surface area (TPSA) is 59.1 Å². The van der Waals surface area contributed by atoms with E-state index < -0.39 is 0 Å². The Morgan fingerprint density at radius 1 is 1.12 bits per heavy atom. The Hall–Kier alpha value is -1.40. The third-order valence-corrected chi connectivity index (χ3v) is 7.76. The van der Waals surface area contributed by atoms with Crippen molar-refractivity contribution < 1.29 is 4.74 Å². The first-order valence-corrected chi connectivity index (χ1v) is 12.9. The predicted molar refractivity (Wildman–Crippen MR) is 137 cm³/mol. The molecule has 2 aliphatic rings. The van der Waals surface area contributed by atoms with Gasteiger partial charge in [0.2, 0.25) is 0 Å². The van der Waals surface area contributed by atoms with Gasteiger partial charge in [-0.25, -0.2) is 4.98 Å². The van der Waals surface area contributed by atoms with Gasteiger partial charge in [0.05, 0.1) is 17.3 Å². The van der Waals surface area contributed by atoms with Gasteiger partial charge in [-0.05, 0) is 75.3 Å². The van der Waals surface area contributed by atoms with E-state index in [0.29, 0.717) is 33.6 Å². The zero-order valence-electron chi connectivity index (χ0n) is 20.0. The molecule has 0 radical (unpaired) electrons. The van der Waals surface area contributed by atoms with Gasteiger partial charge in [0.1, 0.15) is 0 Å². The Kier molecular flexibility index (Phi) is 8.16. The van der Waals surface area contributed by atoms with Crippen LogP contribution in [0.4, 0.5) is 5.69 Å². The summed E-state index contributed by atoms with van der Waals surface area (Å²) in [4.78, 5) is 9.06. The van der Waals surface area contributed by atoms with Crippen molar-refractivity contribution in [3.63, 3.8) is 0 Å². The Balaban J connectivity index is 1.39. The fraction of sp³-hybridized carbons (Fsp3) is 0.615. The second-order valence-corrected chi connectivity index (χ2v) is 11.1. The summed E-state index contributed by atoms with van der Waals surface area (Å²) in [5.41, 5.74) is 4.28. The van der Waals surface area contributed by atoms with Crippen molar-refractivity contribution in [3.8, 4) is 11.1 Å². The summed E-state index contributed by atoms with van der Waals surface area (Å²) in [5.74, 6) is 0.655. The van der Waals surface area contributed by atoms with E-state index >= 15 is 0 Å². The number of aromatic nitrogens is 2. The van der Waals surface area contributed by atoms with Crippen LogP contribution in [0.5, 0.6) is 0 Å². The molecule has 2 aliphatic carbocycles. The van der Waals surface area contributed by atoms with Gasteiger partial charge in [0.25, 0.3) is 0 Å². The van der Waals surface area contributed by atoms with E-state index in [1.165, 1.54) is 38.5 Å². The van der Waals surface area contributed by atoms with Gasteiger partial charge in [-0.15, -0.1) is 0 Å². The number of methoxy groups -OCH3 is 1. The minimum Gasteiger partial charge on any atom is -0.383 e. The highest BCUT2D eigenvalue weighted by Crippen LogP contribution is 2.45. The van der Waals surface area contributed by atoms with Crippen LogP contribution in [-0.4, -0.2) is 42.3 Å². The lowest BCUT2D eigenvalue weighted by Gasteiger charge is -2.31. The quantitative estimate of drug-likeness (QED) is 0.377. The molecule has 0 spiro atoms. The molecule has 180 valence electrons. The molecular formula is C26H36Cl2N4O. The average molecular weight is 492 g/mol. The van der Waals surface area contributed by atoms with Crippen molar-refractivity contribution >= 4 is 28.9 Å². The van der Waals surface area contributed by atoms with Crippen LogP contribution in [0.3, 0.4) is 0 Å². The van der Waals surface area contributed by atoms with Gasteiger partial charge in [-0.1, -0.05) is 30.1 Å². The van der Waals surface area contributed by atoms with Crippen molar-refractivity contribution in [2.75, 3.05) is 25.6 Å². The standard InChI is InChI=1S/C26H36Cl2N4O/c1-17(15-33-3)32-20-6-4-18(5-7-20)10-21-12-22(23(27)14-29-21)19-11-24(25(28)30-13-19)31-16-26(2)8-9-26/h11-14,17-18,20,31-32H,4-10,15-16H2,1-3H3/t17-,18?,20?/m0/s1. The van der Waals surface area contributed by atoms with Gasteiger partial charge >= 0.3 is 0 Å². The highest BCUT2D eigenvalue weighted by atomic mass is 35.5. The zero-order valence-corrected chi connectivity index (χ0v) is 21.5. The lowest BCUT2D eigenvalue weighted by Crippen LogP contribution is -2.41. The van der Waals surface area contributed by atoms with E-state index in [2.05, 4.69) is 46.6 Å². The van der Waals surface area contributed by atoms with Gasteiger partial charge in [-0.3, -0.25) is 4.98 Å². The second-order valence-electron chi connectivity index (χ2n) is 10.3. The highest BCUT2D eigenvalue weighted by molar-refractivity contribution is 6.33. The van der Waals surface area contributed by atoms with Gasteiger partial charge in [0, 0.05) is 55.0 Å². The fourth-order valence-electron chi connectivity index (χ4n) is 4.76. The van der Waals surface area contributed by atoms with Crippen LogP contribution in [0.15, 0.2) is 24.5 Å². The molecule has 2 N–H and O–H groups in total. The number of rotatable bonds is 10. The number of anilines is 1. The number of pyridine rings is 2. The molecule has 2 heterocycles. The first-order valence-electron chi connectivity index (χ1n) is 12.1. The van der Waals surface area contributed by atoms with Gasteiger partial charge < -0.3 is 15.4 Å². The molecule has 0 aromatic carbocycles. The number of nitrogens with zero attached hydrogens (tertiary/aromatic N) is 2. The van der Waals surface area contributed by atoms with Gasteiger partial charge in [0.15, 0.2) is 5.15 Å². The van der Waals surface area contributed by atoms with Crippen LogP contribution in [0.25, 0.3) is 11.1 Å². The minimum atomic E-state index is 0.386. The molecule has 2 aromatic rings. The maximum Gasteiger partial charge on any atom is 0.152 e. The third kappa shape index (κ3) is 6.82. The monoisotopic (exact) mass is 490 g/mol. The number of halogens is 2. The van der Waals surface area contributed by atoms with Crippen molar-refractivity contribution in [1.29, 1.82) is 0 Å². The Labute approximate surface area is 208 Å². The highest BCUT2D eigenvalue weighted by Gasteiger charge is 2.36. The first-order chi connectivity index (χ1) is 15.8. The molecule has 7 heteroatoms. The number of ether oxygens (including phenoxy) is 1. The summed E-state index contributed by atoms with van der Waals surface area (Å²) in [6.45, 7) is 6.15. The van der Waals surface area contributed by atoms with E-state index in [4.69, 9.17) is 27.9 Å². The molecule has 0 aliphatic heterocycles. The Morgan fingerprint density at radius 2 is 1.88 bits per heavy atom. The number of hydrogen-bond donors (Lipinski definition) is 2. The molecule has 4 rings (SSSR count). The SMILES string of the molecule is COC[C@H](C)NC1CCC(Cc2cc(-c3cnc(Cl)c(NCC4(C)CC4)c3)c(Cl)cn2)CC1. The molecule has 33 heavy (non-hydrogen) atoms. The van der Waals surface area contributed by atoms with Crippen LogP contribution in [-0.2, 0) is 11.2 Å². The first kappa shape index (κ1) is 24.7. The van der Waals surface area contributed by atoms with Crippen molar-refractivity contribution in [2.24, 2.45) is 11.3 Å². The molecule has 0 saturated heterocycles. The molecule has 1 atom stereocenters. The average Bonchev–Trinajstić information content (AvgIpc) is 3.53. The summed E-state index contributed by atoms with van der Waals surface area (Å²) in [5, 5.41) is 8.32. The number of hydrogen-bond acceptors (Lipinski definition) is 5.